The Labute approximate surface area is 106 Å². The molecule has 5 heteroatoms. The van der Waals surface area contributed by atoms with Crippen LogP contribution in [0.1, 0.15) is 5.56 Å². The van der Waals surface area contributed by atoms with E-state index < -0.39 is 5.82 Å². The second-order valence-electron chi connectivity index (χ2n) is 3.27. The molecule has 0 bridgehead atoms. The third kappa shape index (κ3) is 2.60. The molecule has 0 aliphatic carbocycles. The van der Waals surface area contributed by atoms with E-state index in [0.717, 1.165) is 4.47 Å². The summed E-state index contributed by atoms with van der Waals surface area (Å²) in [7, 11) is 0. The molecule has 17 heavy (non-hydrogen) atoms. The first kappa shape index (κ1) is 11.6. The first-order valence-corrected chi connectivity index (χ1v) is 5.57. The summed E-state index contributed by atoms with van der Waals surface area (Å²) < 4.78 is 14.3. The van der Waals surface area contributed by atoms with Crippen LogP contribution in [0.5, 0.6) is 0 Å². The maximum absolute atomic E-state index is 13.6. The number of halogens is 2. The number of rotatable bonds is 2. The average Bonchev–Trinajstić information content (AvgIpc) is 2.34. The summed E-state index contributed by atoms with van der Waals surface area (Å²) >= 11 is 3.31. The van der Waals surface area contributed by atoms with Crippen molar-refractivity contribution in [3.8, 4) is 6.07 Å². The van der Waals surface area contributed by atoms with E-state index >= 15 is 0 Å². The van der Waals surface area contributed by atoms with Gasteiger partial charge in [-0.15, -0.1) is 0 Å². The second kappa shape index (κ2) is 4.93. The SMILES string of the molecule is N#Cc1ccc(Nc2ncccc2Br)c(F)c1. The summed E-state index contributed by atoms with van der Waals surface area (Å²) in [5.41, 5.74) is 0.566. The van der Waals surface area contributed by atoms with Gasteiger partial charge in [0, 0.05) is 6.20 Å². The highest BCUT2D eigenvalue weighted by Crippen LogP contribution is 2.24. The van der Waals surface area contributed by atoms with E-state index in [0.29, 0.717) is 5.82 Å². The molecule has 2 rings (SSSR count). The number of nitriles is 1. The van der Waals surface area contributed by atoms with Crippen LogP contribution in [0.25, 0.3) is 0 Å². The van der Waals surface area contributed by atoms with Crippen molar-refractivity contribution >= 4 is 27.4 Å². The first-order valence-electron chi connectivity index (χ1n) is 4.78. The van der Waals surface area contributed by atoms with Crippen LogP contribution >= 0.6 is 15.9 Å². The van der Waals surface area contributed by atoms with Crippen molar-refractivity contribution in [2.45, 2.75) is 0 Å². The standard InChI is InChI=1S/C12H7BrFN3/c13-9-2-1-5-16-12(9)17-11-4-3-8(7-15)6-10(11)14/h1-6H,(H,16,17). The van der Waals surface area contributed by atoms with Gasteiger partial charge in [-0.25, -0.2) is 9.37 Å². The molecule has 1 aromatic heterocycles. The fourth-order valence-corrected chi connectivity index (χ4v) is 1.65. The highest BCUT2D eigenvalue weighted by molar-refractivity contribution is 9.10. The van der Waals surface area contributed by atoms with Crippen molar-refractivity contribution in [3.05, 3.63) is 52.4 Å². The Bertz CT molecular complexity index is 593. The van der Waals surface area contributed by atoms with E-state index in [-0.39, 0.29) is 11.3 Å². The van der Waals surface area contributed by atoms with Gasteiger partial charge >= 0.3 is 0 Å². The van der Waals surface area contributed by atoms with Crippen LogP contribution in [0.4, 0.5) is 15.9 Å². The van der Waals surface area contributed by atoms with Gasteiger partial charge in [-0.2, -0.15) is 5.26 Å². The second-order valence-corrected chi connectivity index (χ2v) is 4.12. The lowest BCUT2D eigenvalue weighted by atomic mass is 10.2. The molecule has 1 N–H and O–H groups in total. The zero-order valence-corrected chi connectivity index (χ0v) is 10.2. The van der Waals surface area contributed by atoms with E-state index in [2.05, 4.69) is 26.2 Å². The molecule has 0 saturated carbocycles. The van der Waals surface area contributed by atoms with Gasteiger partial charge in [-0.1, -0.05) is 0 Å². The van der Waals surface area contributed by atoms with Crippen LogP contribution in [0.2, 0.25) is 0 Å². The van der Waals surface area contributed by atoms with Crippen molar-refractivity contribution in [1.29, 1.82) is 5.26 Å². The molecule has 0 aliphatic heterocycles. The Morgan fingerprint density at radius 2 is 2.18 bits per heavy atom. The van der Waals surface area contributed by atoms with Crippen molar-refractivity contribution in [3.63, 3.8) is 0 Å². The minimum absolute atomic E-state index is 0.281. The minimum Gasteiger partial charge on any atom is -0.337 e. The number of aromatic nitrogens is 1. The summed E-state index contributed by atoms with van der Waals surface area (Å²) in [6, 6.07) is 9.68. The first-order chi connectivity index (χ1) is 8.20. The maximum atomic E-state index is 13.6. The summed E-state index contributed by atoms with van der Waals surface area (Å²) in [4.78, 5) is 4.07. The van der Waals surface area contributed by atoms with Crippen LogP contribution in [-0.4, -0.2) is 4.98 Å². The van der Waals surface area contributed by atoms with Crippen LogP contribution in [0.15, 0.2) is 41.0 Å². The van der Waals surface area contributed by atoms with Crippen molar-refractivity contribution in [1.82, 2.24) is 4.98 Å². The van der Waals surface area contributed by atoms with Crippen LogP contribution < -0.4 is 5.32 Å². The van der Waals surface area contributed by atoms with E-state index in [1.165, 1.54) is 12.1 Å². The van der Waals surface area contributed by atoms with E-state index in [1.54, 1.807) is 24.4 Å². The molecule has 84 valence electrons. The Morgan fingerprint density at radius 3 is 2.82 bits per heavy atom. The molecule has 0 spiro atoms. The maximum Gasteiger partial charge on any atom is 0.147 e. The van der Waals surface area contributed by atoms with Crippen molar-refractivity contribution in [2.24, 2.45) is 0 Å². The summed E-state index contributed by atoms with van der Waals surface area (Å²) in [5, 5.41) is 11.5. The molecular formula is C12H7BrFN3. The largest absolute Gasteiger partial charge is 0.337 e. The number of anilines is 2. The van der Waals surface area contributed by atoms with Gasteiger partial charge in [0.25, 0.3) is 0 Å². The summed E-state index contributed by atoms with van der Waals surface area (Å²) in [5.74, 6) is 0.0395. The molecule has 0 aliphatic rings. The normalized spacial score (nSPS) is 9.71. The predicted molar refractivity (Wildman–Crippen MR) is 66.3 cm³/mol. The quantitative estimate of drug-likeness (QED) is 0.920. The molecule has 0 unspecified atom stereocenters. The van der Waals surface area contributed by atoms with Crippen molar-refractivity contribution < 1.29 is 4.39 Å². The molecule has 1 heterocycles. The predicted octanol–water partition coefficient (Wildman–Crippen LogP) is 3.60. The third-order valence-electron chi connectivity index (χ3n) is 2.11. The van der Waals surface area contributed by atoms with E-state index in [1.807, 2.05) is 6.07 Å². The Morgan fingerprint density at radius 1 is 1.35 bits per heavy atom. The Balaban J connectivity index is 2.32. The molecule has 1 aromatic carbocycles. The topological polar surface area (TPSA) is 48.7 Å². The Kier molecular flexibility index (Phi) is 3.35. The van der Waals surface area contributed by atoms with Gasteiger partial charge in [0.1, 0.15) is 11.6 Å². The highest BCUT2D eigenvalue weighted by atomic mass is 79.9. The number of benzene rings is 1. The number of nitrogens with one attached hydrogen (secondary N) is 1. The molecule has 3 nitrogen and oxygen atoms in total. The van der Waals surface area contributed by atoms with Gasteiger partial charge in [0.2, 0.25) is 0 Å². The van der Waals surface area contributed by atoms with E-state index in [9.17, 15) is 4.39 Å². The summed E-state index contributed by atoms with van der Waals surface area (Å²) in [6.45, 7) is 0. The zero-order chi connectivity index (χ0) is 12.3. The molecule has 2 aromatic rings. The Hall–Kier alpha value is -1.93. The molecule has 0 fully saturated rings. The lowest BCUT2D eigenvalue weighted by molar-refractivity contribution is 0.631. The number of hydrogen-bond acceptors (Lipinski definition) is 3. The lowest BCUT2D eigenvalue weighted by Gasteiger charge is -2.08. The minimum atomic E-state index is -0.485. The fraction of sp³-hybridized carbons (Fsp3) is 0. The van der Waals surface area contributed by atoms with Gasteiger partial charge in [-0.05, 0) is 46.3 Å². The van der Waals surface area contributed by atoms with Gasteiger partial charge < -0.3 is 5.32 Å². The third-order valence-corrected chi connectivity index (χ3v) is 2.75. The molecular weight excluding hydrogens is 285 g/mol. The van der Waals surface area contributed by atoms with Crippen LogP contribution in [0, 0.1) is 17.1 Å². The van der Waals surface area contributed by atoms with Gasteiger partial charge in [-0.3, -0.25) is 0 Å². The lowest BCUT2D eigenvalue weighted by Crippen LogP contribution is -1.97. The molecule has 0 radical (unpaired) electrons. The van der Waals surface area contributed by atoms with Crippen LogP contribution in [0.3, 0.4) is 0 Å². The van der Waals surface area contributed by atoms with Gasteiger partial charge in [0.05, 0.1) is 21.8 Å². The number of nitrogens with zero attached hydrogens (tertiary/aromatic N) is 2. The van der Waals surface area contributed by atoms with Crippen molar-refractivity contribution in [2.75, 3.05) is 5.32 Å². The highest BCUT2D eigenvalue weighted by Gasteiger charge is 2.06. The molecule has 0 amide bonds. The zero-order valence-electron chi connectivity index (χ0n) is 8.61. The average molecular weight is 292 g/mol. The van der Waals surface area contributed by atoms with E-state index in [4.69, 9.17) is 5.26 Å². The number of pyridine rings is 1. The number of hydrogen-bond donors (Lipinski definition) is 1. The van der Waals surface area contributed by atoms with Gasteiger partial charge in [0.15, 0.2) is 0 Å². The fourth-order valence-electron chi connectivity index (χ4n) is 1.29. The smallest absolute Gasteiger partial charge is 0.147 e. The monoisotopic (exact) mass is 291 g/mol. The molecule has 0 saturated heterocycles. The van der Waals surface area contributed by atoms with Crippen LogP contribution in [-0.2, 0) is 0 Å². The molecule has 0 atom stereocenters. The summed E-state index contributed by atoms with van der Waals surface area (Å²) in [6.07, 6.45) is 1.61.